The molecule has 0 aromatic heterocycles. The standard InChI is InChI=1S/C14H31N3/c1-6-12(10-15-2)14(16(3)4)13-8-7-9-17(5)11-13/h12-15H,6-11H2,1-5H3. The normalized spacial score (nSPS) is 26.1. The lowest BCUT2D eigenvalue weighted by atomic mass is 9.81. The molecule has 0 saturated carbocycles. The van der Waals surface area contributed by atoms with E-state index in [4.69, 9.17) is 0 Å². The number of hydrogen-bond donors (Lipinski definition) is 1. The van der Waals surface area contributed by atoms with Crippen molar-refractivity contribution in [3.8, 4) is 0 Å². The average Bonchev–Trinajstić information content (AvgIpc) is 2.28. The minimum atomic E-state index is 0.718. The summed E-state index contributed by atoms with van der Waals surface area (Å²) in [4.78, 5) is 4.95. The van der Waals surface area contributed by atoms with Crippen LogP contribution in [0.4, 0.5) is 0 Å². The molecule has 3 unspecified atom stereocenters. The third-order valence-corrected chi connectivity index (χ3v) is 4.21. The largest absolute Gasteiger partial charge is 0.319 e. The van der Waals surface area contributed by atoms with Gasteiger partial charge in [-0.05, 0) is 66.0 Å². The molecule has 0 aromatic rings. The molecule has 102 valence electrons. The highest BCUT2D eigenvalue weighted by Gasteiger charge is 2.32. The Morgan fingerprint density at radius 1 is 1.41 bits per heavy atom. The van der Waals surface area contributed by atoms with Crippen molar-refractivity contribution in [2.45, 2.75) is 32.2 Å². The van der Waals surface area contributed by atoms with E-state index in [2.05, 4.69) is 50.2 Å². The first-order chi connectivity index (χ1) is 8.10. The monoisotopic (exact) mass is 241 g/mol. The molecule has 0 amide bonds. The van der Waals surface area contributed by atoms with Gasteiger partial charge in [-0.2, -0.15) is 0 Å². The molecule has 0 radical (unpaired) electrons. The maximum absolute atomic E-state index is 3.36. The predicted octanol–water partition coefficient (Wildman–Crippen LogP) is 1.50. The van der Waals surface area contributed by atoms with Crippen LogP contribution >= 0.6 is 0 Å². The zero-order chi connectivity index (χ0) is 12.8. The third-order valence-electron chi connectivity index (χ3n) is 4.21. The van der Waals surface area contributed by atoms with Crippen LogP contribution in [0.2, 0.25) is 0 Å². The first-order valence-corrected chi connectivity index (χ1v) is 7.09. The van der Waals surface area contributed by atoms with Crippen molar-refractivity contribution in [3.05, 3.63) is 0 Å². The second kappa shape index (κ2) is 7.34. The highest BCUT2D eigenvalue weighted by Crippen LogP contribution is 2.27. The quantitative estimate of drug-likeness (QED) is 0.760. The predicted molar refractivity (Wildman–Crippen MR) is 75.4 cm³/mol. The average molecular weight is 241 g/mol. The zero-order valence-electron chi connectivity index (χ0n) is 12.4. The van der Waals surface area contributed by atoms with Crippen LogP contribution in [-0.4, -0.2) is 63.7 Å². The molecular weight excluding hydrogens is 210 g/mol. The van der Waals surface area contributed by atoms with Gasteiger partial charge in [0, 0.05) is 12.6 Å². The first kappa shape index (κ1) is 14.9. The molecular formula is C14H31N3. The summed E-state index contributed by atoms with van der Waals surface area (Å²) in [5, 5.41) is 3.36. The SMILES string of the molecule is CCC(CNC)C(C1CCCN(C)C1)N(C)C. The highest BCUT2D eigenvalue weighted by molar-refractivity contribution is 4.87. The summed E-state index contributed by atoms with van der Waals surface area (Å²) in [7, 11) is 8.83. The minimum Gasteiger partial charge on any atom is -0.319 e. The van der Waals surface area contributed by atoms with E-state index in [0.29, 0.717) is 0 Å². The lowest BCUT2D eigenvalue weighted by Crippen LogP contribution is -2.49. The van der Waals surface area contributed by atoms with E-state index >= 15 is 0 Å². The molecule has 1 aliphatic heterocycles. The van der Waals surface area contributed by atoms with Crippen molar-refractivity contribution >= 4 is 0 Å². The van der Waals surface area contributed by atoms with Crippen LogP contribution in [0.25, 0.3) is 0 Å². The Morgan fingerprint density at radius 2 is 2.12 bits per heavy atom. The molecule has 1 heterocycles. The van der Waals surface area contributed by atoms with Crippen LogP contribution in [0.5, 0.6) is 0 Å². The lowest BCUT2D eigenvalue weighted by Gasteiger charge is -2.42. The van der Waals surface area contributed by atoms with Gasteiger partial charge >= 0.3 is 0 Å². The summed E-state index contributed by atoms with van der Waals surface area (Å²) in [5.41, 5.74) is 0. The Bertz CT molecular complexity index is 206. The summed E-state index contributed by atoms with van der Waals surface area (Å²) in [6.45, 7) is 6.01. The summed E-state index contributed by atoms with van der Waals surface area (Å²) in [6, 6.07) is 0.718. The molecule has 3 nitrogen and oxygen atoms in total. The number of likely N-dealkylation sites (tertiary alicyclic amines) is 1. The number of nitrogens with zero attached hydrogens (tertiary/aromatic N) is 2. The van der Waals surface area contributed by atoms with E-state index in [-0.39, 0.29) is 0 Å². The molecule has 17 heavy (non-hydrogen) atoms. The molecule has 0 aromatic carbocycles. The summed E-state index contributed by atoms with van der Waals surface area (Å²) < 4.78 is 0. The van der Waals surface area contributed by atoms with Crippen molar-refractivity contribution in [2.75, 3.05) is 47.8 Å². The number of piperidine rings is 1. The molecule has 1 aliphatic rings. The number of rotatable bonds is 6. The first-order valence-electron chi connectivity index (χ1n) is 7.09. The maximum Gasteiger partial charge on any atom is 0.0170 e. The molecule has 0 bridgehead atoms. The molecule has 1 fully saturated rings. The topological polar surface area (TPSA) is 18.5 Å². The van der Waals surface area contributed by atoms with E-state index in [1.54, 1.807) is 0 Å². The fourth-order valence-corrected chi connectivity index (χ4v) is 3.48. The maximum atomic E-state index is 3.36. The van der Waals surface area contributed by atoms with E-state index in [0.717, 1.165) is 24.4 Å². The Kier molecular flexibility index (Phi) is 6.45. The smallest absolute Gasteiger partial charge is 0.0170 e. The van der Waals surface area contributed by atoms with Crippen LogP contribution in [0.1, 0.15) is 26.2 Å². The van der Waals surface area contributed by atoms with Crippen LogP contribution in [0.3, 0.4) is 0 Å². The summed E-state index contributed by atoms with van der Waals surface area (Å²) in [5.74, 6) is 1.61. The van der Waals surface area contributed by atoms with Crippen LogP contribution < -0.4 is 5.32 Å². The van der Waals surface area contributed by atoms with E-state index in [1.165, 1.54) is 32.4 Å². The minimum absolute atomic E-state index is 0.718. The van der Waals surface area contributed by atoms with Crippen LogP contribution in [0.15, 0.2) is 0 Å². The van der Waals surface area contributed by atoms with Gasteiger partial charge in [0.05, 0.1) is 0 Å². The molecule has 3 atom stereocenters. The Labute approximate surface area is 108 Å². The van der Waals surface area contributed by atoms with Crippen molar-refractivity contribution in [1.29, 1.82) is 0 Å². The van der Waals surface area contributed by atoms with Gasteiger partial charge in [-0.3, -0.25) is 0 Å². The van der Waals surface area contributed by atoms with Gasteiger partial charge in [0.1, 0.15) is 0 Å². The van der Waals surface area contributed by atoms with Crippen LogP contribution in [0, 0.1) is 11.8 Å². The van der Waals surface area contributed by atoms with Crippen molar-refractivity contribution in [1.82, 2.24) is 15.1 Å². The summed E-state index contributed by atoms with van der Waals surface area (Å²) >= 11 is 0. The fraction of sp³-hybridized carbons (Fsp3) is 1.00. The zero-order valence-corrected chi connectivity index (χ0v) is 12.4. The van der Waals surface area contributed by atoms with Gasteiger partial charge in [0.15, 0.2) is 0 Å². The Hall–Kier alpha value is -0.120. The molecule has 3 heteroatoms. The highest BCUT2D eigenvalue weighted by atomic mass is 15.1. The van der Waals surface area contributed by atoms with Gasteiger partial charge in [0.2, 0.25) is 0 Å². The molecule has 1 N–H and O–H groups in total. The third kappa shape index (κ3) is 4.23. The van der Waals surface area contributed by atoms with Gasteiger partial charge < -0.3 is 15.1 Å². The fourth-order valence-electron chi connectivity index (χ4n) is 3.48. The number of nitrogens with one attached hydrogen (secondary N) is 1. The second-order valence-corrected chi connectivity index (χ2v) is 5.84. The van der Waals surface area contributed by atoms with Crippen LogP contribution in [-0.2, 0) is 0 Å². The molecule has 1 saturated heterocycles. The van der Waals surface area contributed by atoms with Gasteiger partial charge in [-0.25, -0.2) is 0 Å². The number of hydrogen-bond acceptors (Lipinski definition) is 3. The van der Waals surface area contributed by atoms with E-state index in [9.17, 15) is 0 Å². The lowest BCUT2D eigenvalue weighted by molar-refractivity contribution is 0.0806. The Morgan fingerprint density at radius 3 is 2.59 bits per heavy atom. The Balaban J connectivity index is 2.68. The molecule has 1 rings (SSSR count). The van der Waals surface area contributed by atoms with Crippen molar-refractivity contribution in [2.24, 2.45) is 11.8 Å². The molecule has 0 spiro atoms. The van der Waals surface area contributed by atoms with Gasteiger partial charge in [0.25, 0.3) is 0 Å². The summed E-state index contributed by atoms with van der Waals surface area (Å²) in [6.07, 6.45) is 4.03. The van der Waals surface area contributed by atoms with Crippen molar-refractivity contribution in [3.63, 3.8) is 0 Å². The second-order valence-electron chi connectivity index (χ2n) is 5.84. The van der Waals surface area contributed by atoms with E-state index in [1.807, 2.05) is 0 Å². The van der Waals surface area contributed by atoms with Gasteiger partial charge in [-0.1, -0.05) is 13.3 Å². The molecule has 0 aliphatic carbocycles. The van der Waals surface area contributed by atoms with Gasteiger partial charge in [-0.15, -0.1) is 0 Å². The van der Waals surface area contributed by atoms with Crippen molar-refractivity contribution < 1.29 is 0 Å². The van der Waals surface area contributed by atoms with E-state index < -0.39 is 0 Å².